The molecule has 2 aromatic carbocycles. The molecule has 22 heavy (non-hydrogen) atoms. The lowest BCUT2D eigenvalue weighted by Crippen LogP contribution is -2.16. The van der Waals surface area contributed by atoms with Gasteiger partial charge in [-0.25, -0.2) is 8.42 Å². The van der Waals surface area contributed by atoms with Gasteiger partial charge < -0.3 is 4.74 Å². The molecule has 0 saturated carbocycles. The number of hydrogen-bond donors (Lipinski definition) is 1. The summed E-state index contributed by atoms with van der Waals surface area (Å²) >= 11 is 0. The van der Waals surface area contributed by atoms with Gasteiger partial charge in [0.05, 0.1) is 17.7 Å². The highest BCUT2D eigenvalue weighted by Crippen LogP contribution is 2.29. The lowest BCUT2D eigenvalue weighted by molar-refractivity contribution is 0.414. The molecule has 0 aliphatic heterocycles. The Bertz CT molecular complexity index is 767. The van der Waals surface area contributed by atoms with Crippen molar-refractivity contribution in [3.8, 4) is 5.75 Å². The fourth-order valence-electron chi connectivity index (χ4n) is 2.84. The third-order valence-corrected chi connectivity index (χ3v) is 5.39. The lowest BCUT2D eigenvalue weighted by atomic mass is 9.91. The maximum atomic E-state index is 12.5. The molecule has 5 heteroatoms. The van der Waals surface area contributed by atoms with Crippen LogP contribution in [0.3, 0.4) is 0 Å². The van der Waals surface area contributed by atoms with Crippen molar-refractivity contribution in [1.29, 1.82) is 0 Å². The van der Waals surface area contributed by atoms with Crippen LogP contribution < -0.4 is 9.46 Å². The van der Waals surface area contributed by atoms with E-state index >= 15 is 0 Å². The Morgan fingerprint density at radius 3 is 2.45 bits per heavy atom. The Kier molecular flexibility index (Phi) is 4.07. The van der Waals surface area contributed by atoms with Crippen molar-refractivity contribution in [1.82, 2.24) is 0 Å². The number of anilines is 1. The summed E-state index contributed by atoms with van der Waals surface area (Å²) in [6.07, 6.45) is 4.22. The predicted molar refractivity (Wildman–Crippen MR) is 86.9 cm³/mol. The summed E-state index contributed by atoms with van der Waals surface area (Å²) in [6.45, 7) is 0. The molecular formula is C17H19NO3S. The number of sulfonamides is 1. The SMILES string of the molecule is COc1ccc(S(=O)(=O)Nc2cccc3c2CCCC3)cc1. The molecule has 0 aromatic heterocycles. The predicted octanol–water partition coefficient (Wildman–Crippen LogP) is 3.37. The van der Waals surface area contributed by atoms with E-state index in [4.69, 9.17) is 4.74 Å². The summed E-state index contributed by atoms with van der Waals surface area (Å²) in [6, 6.07) is 12.2. The monoisotopic (exact) mass is 317 g/mol. The standard InChI is InChI=1S/C17H19NO3S/c1-21-14-9-11-15(12-10-14)22(19,20)18-17-8-4-6-13-5-2-3-7-16(13)17/h4,6,8-12,18H,2-3,5,7H2,1H3. The van der Waals surface area contributed by atoms with Gasteiger partial charge in [-0.15, -0.1) is 0 Å². The molecule has 1 N–H and O–H groups in total. The van der Waals surface area contributed by atoms with Gasteiger partial charge in [0.15, 0.2) is 0 Å². The van der Waals surface area contributed by atoms with E-state index in [1.807, 2.05) is 12.1 Å². The molecule has 0 atom stereocenters. The third-order valence-electron chi connectivity index (χ3n) is 4.01. The van der Waals surface area contributed by atoms with Crippen LogP contribution in [0.1, 0.15) is 24.0 Å². The number of nitrogens with one attached hydrogen (secondary N) is 1. The van der Waals surface area contributed by atoms with Crippen LogP contribution in [0.25, 0.3) is 0 Å². The molecule has 116 valence electrons. The van der Waals surface area contributed by atoms with E-state index in [0.717, 1.165) is 24.8 Å². The average Bonchev–Trinajstić information content (AvgIpc) is 2.55. The van der Waals surface area contributed by atoms with Crippen LogP contribution in [0.4, 0.5) is 5.69 Å². The van der Waals surface area contributed by atoms with E-state index in [0.29, 0.717) is 11.4 Å². The first-order chi connectivity index (χ1) is 10.6. The minimum Gasteiger partial charge on any atom is -0.497 e. The van der Waals surface area contributed by atoms with Crippen molar-refractivity contribution in [2.75, 3.05) is 11.8 Å². The highest BCUT2D eigenvalue weighted by molar-refractivity contribution is 7.92. The van der Waals surface area contributed by atoms with Gasteiger partial charge in [0.25, 0.3) is 10.0 Å². The molecule has 1 aliphatic rings. The number of rotatable bonds is 4. The van der Waals surface area contributed by atoms with Crippen molar-refractivity contribution in [2.45, 2.75) is 30.6 Å². The lowest BCUT2D eigenvalue weighted by Gasteiger charge is -2.20. The molecule has 0 amide bonds. The Morgan fingerprint density at radius 2 is 1.73 bits per heavy atom. The number of aryl methyl sites for hydroxylation is 1. The molecule has 0 saturated heterocycles. The van der Waals surface area contributed by atoms with Gasteiger partial charge in [0.2, 0.25) is 0 Å². The summed E-state index contributed by atoms with van der Waals surface area (Å²) in [5, 5.41) is 0. The summed E-state index contributed by atoms with van der Waals surface area (Å²) in [7, 11) is -2.02. The van der Waals surface area contributed by atoms with E-state index in [1.165, 1.54) is 12.0 Å². The van der Waals surface area contributed by atoms with Crippen molar-refractivity contribution in [3.63, 3.8) is 0 Å². The largest absolute Gasteiger partial charge is 0.497 e. The van der Waals surface area contributed by atoms with E-state index in [9.17, 15) is 8.42 Å². The van der Waals surface area contributed by atoms with Crippen LogP contribution in [-0.2, 0) is 22.9 Å². The normalized spacial score (nSPS) is 14.2. The number of methoxy groups -OCH3 is 1. The van der Waals surface area contributed by atoms with Gasteiger partial charge in [-0.1, -0.05) is 12.1 Å². The zero-order valence-electron chi connectivity index (χ0n) is 12.5. The zero-order chi connectivity index (χ0) is 15.6. The molecular weight excluding hydrogens is 298 g/mol. The summed E-state index contributed by atoms with van der Waals surface area (Å²) in [5.74, 6) is 0.635. The zero-order valence-corrected chi connectivity index (χ0v) is 13.3. The van der Waals surface area contributed by atoms with Gasteiger partial charge in [-0.05, 0) is 67.1 Å². The van der Waals surface area contributed by atoms with Crippen molar-refractivity contribution >= 4 is 15.7 Å². The molecule has 0 heterocycles. The van der Waals surface area contributed by atoms with E-state index in [1.54, 1.807) is 31.4 Å². The third kappa shape index (κ3) is 2.95. The van der Waals surface area contributed by atoms with Gasteiger partial charge in [-0.2, -0.15) is 0 Å². The molecule has 2 aromatic rings. The molecule has 0 radical (unpaired) electrons. The van der Waals surface area contributed by atoms with E-state index in [2.05, 4.69) is 10.8 Å². The molecule has 0 bridgehead atoms. The van der Waals surface area contributed by atoms with E-state index in [-0.39, 0.29) is 4.90 Å². The Balaban J connectivity index is 1.91. The fourth-order valence-corrected chi connectivity index (χ4v) is 3.93. The summed E-state index contributed by atoms with van der Waals surface area (Å²) < 4.78 is 32.9. The average molecular weight is 317 g/mol. The summed E-state index contributed by atoms with van der Waals surface area (Å²) in [5.41, 5.74) is 3.08. The van der Waals surface area contributed by atoms with Crippen LogP contribution in [-0.4, -0.2) is 15.5 Å². The van der Waals surface area contributed by atoms with Crippen LogP contribution in [0.5, 0.6) is 5.75 Å². The number of benzene rings is 2. The minimum absolute atomic E-state index is 0.238. The van der Waals surface area contributed by atoms with Crippen molar-refractivity contribution in [2.24, 2.45) is 0 Å². The van der Waals surface area contributed by atoms with Gasteiger partial charge in [0, 0.05) is 0 Å². The highest BCUT2D eigenvalue weighted by atomic mass is 32.2. The first-order valence-corrected chi connectivity index (χ1v) is 8.86. The van der Waals surface area contributed by atoms with Crippen molar-refractivity contribution < 1.29 is 13.2 Å². The second-order valence-corrected chi connectivity index (χ2v) is 7.11. The Labute approximate surface area is 131 Å². The Hall–Kier alpha value is -2.01. The topological polar surface area (TPSA) is 55.4 Å². The van der Waals surface area contributed by atoms with Gasteiger partial charge >= 0.3 is 0 Å². The maximum Gasteiger partial charge on any atom is 0.261 e. The first-order valence-electron chi connectivity index (χ1n) is 7.38. The van der Waals surface area contributed by atoms with Crippen LogP contribution >= 0.6 is 0 Å². The number of ether oxygens (including phenoxy) is 1. The summed E-state index contributed by atoms with van der Waals surface area (Å²) in [4.78, 5) is 0.238. The molecule has 0 spiro atoms. The highest BCUT2D eigenvalue weighted by Gasteiger charge is 2.19. The van der Waals surface area contributed by atoms with E-state index < -0.39 is 10.0 Å². The number of hydrogen-bond acceptors (Lipinski definition) is 3. The van der Waals surface area contributed by atoms with Crippen LogP contribution in [0.15, 0.2) is 47.4 Å². The Morgan fingerprint density at radius 1 is 1.00 bits per heavy atom. The quantitative estimate of drug-likeness (QED) is 0.940. The second-order valence-electron chi connectivity index (χ2n) is 5.43. The molecule has 3 rings (SSSR count). The smallest absolute Gasteiger partial charge is 0.261 e. The van der Waals surface area contributed by atoms with Gasteiger partial charge in [0.1, 0.15) is 5.75 Å². The van der Waals surface area contributed by atoms with Gasteiger partial charge in [-0.3, -0.25) is 4.72 Å². The van der Waals surface area contributed by atoms with Crippen LogP contribution in [0, 0.1) is 0 Å². The number of fused-ring (bicyclic) bond motifs is 1. The second kappa shape index (κ2) is 6.01. The maximum absolute atomic E-state index is 12.5. The first kappa shape index (κ1) is 14.9. The minimum atomic E-state index is -3.58. The van der Waals surface area contributed by atoms with Crippen molar-refractivity contribution in [3.05, 3.63) is 53.6 Å². The molecule has 1 aliphatic carbocycles. The molecule has 0 fully saturated rings. The molecule has 4 nitrogen and oxygen atoms in total. The molecule has 0 unspecified atom stereocenters. The van der Waals surface area contributed by atoms with Crippen LogP contribution in [0.2, 0.25) is 0 Å². The fraction of sp³-hybridized carbons (Fsp3) is 0.294.